The second-order valence-electron chi connectivity index (χ2n) is 4.90. The highest BCUT2D eigenvalue weighted by molar-refractivity contribution is 5.97. The molecule has 0 aromatic heterocycles. The number of benzene rings is 2. The normalized spacial score (nSPS) is 16.8. The number of fused-ring (bicyclic) bond motifs is 1. The first kappa shape index (κ1) is 13.3. The molecule has 0 spiro atoms. The van der Waals surface area contributed by atoms with Crippen molar-refractivity contribution < 1.29 is 14.3 Å². The molecule has 1 aliphatic heterocycles. The summed E-state index contributed by atoms with van der Waals surface area (Å²) in [7, 11) is 0. The molecule has 0 saturated heterocycles. The van der Waals surface area contributed by atoms with Crippen LogP contribution in [0.1, 0.15) is 34.0 Å². The third-order valence-corrected chi connectivity index (χ3v) is 3.42. The molecule has 1 heterocycles. The molecule has 0 radical (unpaired) electrons. The van der Waals surface area contributed by atoms with Gasteiger partial charge in [-0.1, -0.05) is 54.6 Å². The van der Waals surface area contributed by atoms with E-state index in [1.165, 1.54) is 6.08 Å². The summed E-state index contributed by atoms with van der Waals surface area (Å²) < 4.78 is 5.26. The average molecular weight is 278 g/mol. The molecular weight excluding hydrogens is 264 g/mol. The molecule has 3 rings (SSSR count). The molecule has 104 valence electrons. The summed E-state index contributed by atoms with van der Waals surface area (Å²) in [6.07, 6.45) is 3.00. The third kappa shape index (κ3) is 2.92. The standard InChI is InChI=1S/C18H14O3/c19-14(11-10-13-6-2-1-3-7-13)12-17-15-8-4-5-9-16(15)18(20)21-17/h1-11,17H,12H2/b11-10-/t17-/m0/s1. The van der Waals surface area contributed by atoms with Crippen molar-refractivity contribution in [2.75, 3.05) is 0 Å². The van der Waals surface area contributed by atoms with Crippen LogP contribution in [-0.4, -0.2) is 11.8 Å². The number of allylic oxidation sites excluding steroid dienone is 1. The Morgan fingerprint density at radius 2 is 1.76 bits per heavy atom. The summed E-state index contributed by atoms with van der Waals surface area (Å²) in [6, 6.07) is 16.8. The van der Waals surface area contributed by atoms with Gasteiger partial charge in [-0.05, 0) is 17.7 Å². The molecule has 3 nitrogen and oxygen atoms in total. The summed E-state index contributed by atoms with van der Waals surface area (Å²) in [5, 5.41) is 0. The van der Waals surface area contributed by atoms with E-state index in [1.807, 2.05) is 42.5 Å². The first-order chi connectivity index (χ1) is 10.2. The Morgan fingerprint density at radius 1 is 1.05 bits per heavy atom. The lowest BCUT2D eigenvalue weighted by Crippen LogP contribution is -2.04. The van der Waals surface area contributed by atoms with Gasteiger partial charge in [0.25, 0.3) is 0 Å². The summed E-state index contributed by atoms with van der Waals surface area (Å²) in [5.41, 5.74) is 2.32. The summed E-state index contributed by atoms with van der Waals surface area (Å²) in [5.74, 6) is -0.413. The van der Waals surface area contributed by atoms with Gasteiger partial charge in [-0.15, -0.1) is 0 Å². The van der Waals surface area contributed by atoms with Gasteiger partial charge in [0.1, 0.15) is 6.10 Å². The van der Waals surface area contributed by atoms with Crippen molar-refractivity contribution in [3.8, 4) is 0 Å². The van der Waals surface area contributed by atoms with Gasteiger partial charge in [0.05, 0.1) is 12.0 Å². The third-order valence-electron chi connectivity index (χ3n) is 3.42. The average Bonchev–Trinajstić information content (AvgIpc) is 2.83. The molecule has 0 fully saturated rings. The Kier molecular flexibility index (Phi) is 3.65. The zero-order valence-electron chi connectivity index (χ0n) is 11.4. The van der Waals surface area contributed by atoms with E-state index in [2.05, 4.69) is 0 Å². The Balaban J connectivity index is 1.69. The van der Waals surface area contributed by atoms with Gasteiger partial charge >= 0.3 is 5.97 Å². The lowest BCUT2D eigenvalue weighted by molar-refractivity contribution is -0.116. The number of carbonyl (C=O) groups is 2. The number of carbonyl (C=O) groups excluding carboxylic acids is 2. The maximum absolute atomic E-state index is 12.0. The fraction of sp³-hybridized carbons (Fsp3) is 0.111. The van der Waals surface area contributed by atoms with Gasteiger partial charge in [-0.25, -0.2) is 4.79 Å². The molecule has 2 aromatic carbocycles. The quantitative estimate of drug-likeness (QED) is 0.634. The van der Waals surface area contributed by atoms with Crippen molar-refractivity contribution in [2.45, 2.75) is 12.5 Å². The maximum Gasteiger partial charge on any atom is 0.339 e. The summed E-state index contributed by atoms with van der Waals surface area (Å²) >= 11 is 0. The lowest BCUT2D eigenvalue weighted by Gasteiger charge is -2.07. The number of cyclic esters (lactones) is 1. The number of ketones is 1. The largest absolute Gasteiger partial charge is 0.453 e. The highest BCUT2D eigenvalue weighted by atomic mass is 16.5. The minimum atomic E-state index is -0.471. The SMILES string of the molecule is O=C(/C=C\c1ccccc1)C[C@@H]1OC(=O)c2ccccc21. The van der Waals surface area contributed by atoms with Gasteiger partial charge in [0.2, 0.25) is 0 Å². The molecule has 0 N–H and O–H groups in total. The van der Waals surface area contributed by atoms with Crippen LogP contribution in [-0.2, 0) is 9.53 Å². The van der Waals surface area contributed by atoms with Crippen molar-refractivity contribution in [1.82, 2.24) is 0 Å². The second-order valence-corrected chi connectivity index (χ2v) is 4.90. The fourth-order valence-corrected chi connectivity index (χ4v) is 2.38. The number of rotatable bonds is 4. The van der Waals surface area contributed by atoms with E-state index in [9.17, 15) is 9.59 Å². The molecular formula is C18H14O3. The smallest absolute Gasteiger partial charge is 0.339 e. The van der Waals surface area contributed by atoms with E-state index in [4.69, 9.17) is 4.74 Å². The Labute approximate surface area is 122 Å². The molecule has 1 aliphatic rings. The Bertz CT molecular complexity index is 701. The maximum atomic E-state index is 12.0. The number of hydrogen-bond donors (Lipinski definition) is 0. The monoisotopic (exact) mass is 278 g/mol. The van der Waals surface area contributed by atoms with E-state index < -0.39 is 6.10 Å². The van der Waals surface area contributed by atoms with Gasteiger partial charge < -0.3 is 4.74 Å². The van der Waals surface area contributed by atoms with Crippen molar-refractivity contribution in [1.29, 1.82) is 0 Å². The number of hydrogen-bond acceptors (Lipinski definition) is 3. The van der Waals surface area contributed by atoms with E-state index in [0.717, 1.165) is 11.1 Å². The molecule has 0 aliphatic carbocycles. The molecule has 1 atom stereocenters. The molecule has 21 heavy (non-hydrogen) atoms. The second kappa shape index (κ2) is 5.75. The highest BCUT2D eigenvalue weighted by Crippen LogP contribution is 2.32. The zero-order chi connectivity index (χ0) is 14.7. The van der Waals surface area contributed by atoms with E-state index in [0.29, 0.717) is 5.56 Å². The first-order valence-corrected chi connectivity index (χ1v) is 6.80. The van der Waals surface area contributed by atoms with E-state index >= 15 is 0 Å². The van der Waals surface area contributed by atoms with Crippen LogP contribution in [0.15, 0.2) is 60.7 Å². The minimum Gasteiger partial charge on any atom is -0.453 e. The molecule has 0 unspecified atom stereocenters. The van der Waals surface area contributed by atoms with Gasteiger partial charge in [-0.3, -0.25) is 4.79 Å². The lowest BCUT2D eigenvalue weighted by atomic mass is 10.0. The first-order valence-electron chi connectivity index (χ1n) is 6.80. The fourth-order valence-electron chi connectivity index (χ4n) is 2.38. The predicted octanol–water partition coefficient (Wildman–Crippen LogP) is 3.57. The van der Waals surface area contributed by atoms with Crippen LogP contribution in [0.3, 0.4) is 0 Å². The van der Waals surface area contributed by atoms with Gasteiger partial charge in [0, 0.05) is 5.56 Å². The minimum absolute atomic E-state index is 0.0617. The number of esters is 1. The van der Waals surface area contributed by atoms with Crippen LogP contribution in [0, 0.1) is 0 Å². The van der Waals surface area contributed by atoms with Crippen LogP contribution in [0.2, 0.25) is 0 Å². The topological polar surface area (TPSA) is 43.4 Å². The van der Waals surface area contributed by atoms with Crippen molar-refractivity contribution in [3.05, 3.63) is 77.4 Å². The number of ether oxygens (including phenoxy) is 1. The molecule has 2 aromatic rings. The van der Waals surface area contributed by atoms with Gasteiger partial charge in [-0.2, -0.15) is 0 Å². The van der Waals surface area contributed by atoms with Crippen LogP contribution in [0.25, 0.3) is 6.08 Å². The van der Waals surface area contributed by atoms with E-state index in [-0.39, 0.29) is 18.2 Å². The summed E-state index contributed by atoms with van der Waals surface area (Å²) in [4.78, 5) is 23.7. The molecule has 0 amide bonds. The van der Waals surface area contributed by atoms with Crippen LogP contribution < -0.4 is 0 Å². The van der Waals surface area contributed by atoms with Crippen molar-refractivity contribution >= 4 is 17.8 Å². The molecule has 0 saturated carbocycles. The van der Waals surface area contributed by atoms with Crippen LogP contribution in [0.4, 0.5) is 0 Å². The Hall–Kier alpha value is -2.68. The highest BCUT2D eigenvalue weighted by Gasteiger charge is 2.31. The predicted molar refractivity (Wildman–Crippen MR) is 79.7 cm³/mol. The van der Waals surface area contributed by atoms with Crippen molar-refractivity contribution in [3.63, 3.8) is 0 Å². The Morgan fingerprint density at radius 3 is 2.57 bits per heavy atom. The molecule has 3 heteroatoms. The van der Waals surface area contributed by atoms with Crippen LogP contribution >= 0.6 is 0 Å². The van der Waals surface area contributed by atoms with Crippen LogP contribution in [0.5, 0.6) is 0 Å². The van der Waals surface area contributed by atoms with E-state index in [1.54, 1.807) is 18.2 Å². The zero-order valence-corrected chi connectivity index (χ0v) is 11.4. The van der Waals surface area contributed by atoms with Crippen molar-refractivity contribution in [2.24, 2.45) is 0 Å². The molecule has 0 bridgehead atoms. The summed E-state index contributed by atoms with van der Waals surface area (Å²) in [6.45, 7) is 0. The van der Waals surface area contributed by atoms with Gasteiger partial charge in [0.15, 0.2) is 5.78 Å².